The maximum Gasteiger partial charge on any atom is 0.416 e. The van der Waals surface area contributed by atoms with Crippen LogP contribution in [-0.4, -0.2) is 42.2 Å². The lowest BCUT2D eigenvalue weighted by Crippen LogP contribution is -2.32. The van der Waals surface area contributed by atoms with Crippen molar-refractivity contribution < 1.29 is 54.5 Å². The number of rotatable bonds is 7. The molecule has 230 valence electrons. The van der Waals surface area contributed by atoms with E-state index in [9.17, 15) is 40.3 Å². The number of amides is 1. The maximum absolute atomic E-state index is 14.7. The number of carbonyl (C=O) groups is 2. The third-order valence-corrected chi connectivity index (χ3v) is 7.02. The Morgan fingerprint density at radius 2 is 1.63 bits per heavy atom. The lowest BCUT2D eigenvalue weighted by atomic mass is 9.96. The standard InChI is InChI=1S/C28H22ClF7N2O5/c1-13-25(15-6-16(27(31,32)33)10-17(7-15)28(34,35)36)43-26(40)38(13)12-21-18(4-5-23(29)37-21)19-8-14(9-24(39)42-3)20(30)11-22(19)41-2/h4-8,10-11,13,25H,9,12H2,1-3H3/t13-,25-/m0/s1. The Bertz CT molecular complexity index is 1530. The van der Waals surface area contributed by atoms with Crippen molar-refractivity contribution in [2.75, 3.05) is 14.2 Å². The molecular weight excluding hydrogens is 613 g/mol. The number of hydrogen-bond acceptors (Lipinski definition) is 6. The zero-order chi connectivity index (χ0) is 31.9. The highest BCUT2D eigenvalue weighted by atomic mass is 35.5. The number of esters is 1. The molecule has 2 atom stereocenters. The Kier molecular flexibility index (Phi) is 8.82. The van der Waals surface area contributed by atoms with Crippen LogP contribution in [0.2, 0.25) is 5.15 Å². The van der Waals surface area contributed by atoms with E-state index in [1.165, 1.54) is 32.2 Å². The lowest BCUT2D eigenvalue weighted by Gasteiger charge is -2.23. The summed E-state index contributed by atoms with van der Waals surface area (Å²) in [7, 11) is 2.41. The molecular formula is C28H22ClF7N2O5. The van der Waals surface area contributed by atoms with Crippen molar-refractivity contribution in [1.82, 2.24) is 9.88 Å². The first kappa shape index (κ1) is 31.9. The summed E-state index contributed by atoms with van der Waals surface area (Å²) in [4.78, 5) is 30.1. The first-order chi connectivity index (χ1) is 20.0. The van der Waals surface area contributed by atoms with Crippen LogP contribution in [0.5, 0.6) is 5.75 Å². The SMILES string of the molecule is COC(=O)Cc1cc(-c2ccc(Cl)nc2CN2C(=O)O[C@H](c3cc(C(F)(F)F)cc(C(F)(F)F)c3)[C@@H]2C)c(OC)cc1F. The number of alkyl halides is 6. The molecule has 0 N–H and O–H groups in total. The first-order valence-electron chi connectivity index (χ1n) is 12.4. The number of benzene rings is 2. The second-order valence-corrected chi connectivity index (χ2v) is 9.92. The van der Waals surface area contributed by atoms with Crippen LogP contribution in [0.25, 0.3) is 11.1 Å². The number of aromatic nitrogens is 1. The van der Waals surface area contributed by atoms with E-state index < -0.39 is 65.5 Å². The largest absolute Gasteiger partial charge is 0.496 e. The number of ether oxygens (including phenoxy) is 3. The van der Waals surface area contributed by atoms with Crippen molar-refractivity contribution in [2.45, 2.75) is 44.4 Å². The van der Waals surface area contributed by atoms with Gasteiger partial charge in [-0.15, -0.1) is 0 Å². The molecule has 0 spiro atoms. The summed E-state index contributed by atoms with van der Waals surface area (Å²) >= 11 is 6.11. The van der Waals surface area contributed by atoms with Crippen LogP contribution in [0, 0.1) is 5.82 Å². The zero-order valence-corrected chi connectivity index (χ0v) is 23.3. The number of pyridine rings is 1. The fourth-order valence-electron chi connectivity index (χ4n) is 4.65. The van der Waals surface area contributed by atoms with Gasteiger partial charge in [0.25, 0.3) is 0 Å². The lowest BCUT2D eigenvalue weighted by molar-refractivity contribution is -0.143. The number of methoxy groups -OCH3 is 2. The van der Waals surface area contributed by atoms with Gasteiger partial charge in [-0.2, -0.15) is 26.3 Å². The van der Waals surface area contributed by atoms with Gasteiger partial charge in [0.2, 0.25) is 0 Å². The van der Waals surface area contributed by atoms with Gasteiger partial charge in [-0.1, -0.05) is 11.6 Å². The fraction of sp³-hybridized carbons (Fsp3) is 0.321. The van der Waals surface area contributed by atoms with Crippen LogP contribution in [0.4, 0.5) is 35.5 Å². The van der Waals surface area contributed by atoms with E-state index in [0.717, 1.165) is 18.1 Å². The van der Waals surface area contributed by atoms with Crippen LogP contribution < -0.4 is 4.74 Å². The highest BCUT2D eigenvalue weighted by Gasteiger charge is 2.43. The van der Waals surface area contributed by atoms with Crippen molar-refractivity contribution in [2.24, 2.45) is 0 Å². The van der Waals surface area contributed by atoms with Crippen molar-refractivity contribution in [3.63, 3.8) is 0 Å². The molecule has 1 amide bonds. The summed E-state index contributed by atoms with van der Waals surface area (Å²) < 4.78 is 111. The minimum absolute atomic E-state index is 0.0147. The predicted octanol–water partition coefficient (Wildman–Crippen LogP) is 7.38. The Labute approximate surface area is 245 Å². The molecule has 1 fully saturated rings. The number of halogens is 8. The van der Waals surface area contributed by atoms with Gasteiger partial charge >= 0.3 is 24.4 Å². The summed E-state index contributed by atoms with van der Waals surface area (Å²) in [6, 6.07) is 5.19. The number of cyclic esters (lactones) is 1. The molecule has 0 aliphatic carbocycles. The van der Waals surface area contributed by atoms with E-state index in [-0.39, 0.29) is 45.9 Å². The van der Waals surface area contributed by atoms with Gasteiger partial charge in [0.1, 0.15) is 22.8 Å². The Hall–Kier alpha value is -4.07. The molecule has 0 bridgehead atoms. The Morgan fingerprint density at radius 1 is 1.00 bits per heavy atom. The normalized spacial score (nSPS) is 17.2. The minimum Gasteiger partial charge on any atom is -0.496 e. The molecule has 43 heavy (non-hydrogen) atoms. The summed E-state index contributed by atoms with van der Waals surface area (Å²) in [6.45, 7) is 1.03. The van der Waals surface area contributed by atoms with Gasteiger partial charge in [-0.25, -0.2) is 14.2 Å². The van der Waals surface area contributed by atoms with Crippen LogP contribution >= 0.6 is 11.6 Å². The molecule has 0 saturated carbocycles. The molecule has 0 unspecified atom stereocenters. The minimum atomic E-state index is -5.10. The van der Waals surface area contributed by atoms with Gasteiger partial charge < -0.3 is 14.2 Å². The molecule has 1 aromatic heterocycles. The van der Waals surface area contributed by atoms with Crippen LogP contribution in [-0.2, 0) is 39.6 Å². The Balaban J connectivity index is 1.74. The predicted molar refractivity (Wildman–Crippen MR) is 138 cm³/mol. The van der Waals surface area contributed by atoms with E-state index in [2.05, 4.69) is 9.72 Å². The van der Waals surface area contributed by atoms with Crippen LogP contribution in [0.15, 0.2) is 42.5 Å². The molecule has 7 nitrogen and oxygen atoms in total. The third kappa shape index (κ3) is 6.79. The van der Waals surface area contributed by atoms with E-state index in [1.807, 2.05) is 0 Å². The van der Waals surface area contributed by atoms with Gasteiger partial charge in [0, 0.05) is 17.2 Å². The monoisotopic (exact) mass is 634 g/mol. The van der Waals surface area contributed by atoms with Gasteiger partial charge in [-0.3, -0.25) is 9.69 Å². The molecule has 15 heteroatoms. The fourth-order valence-corrected chi connectivity index (χ4v) is 4.81. The van der Waals surface area contributed by atoms with E-state index in [1.54, 1.807) is 0 Å². The molecule has 1 aliphatic rings. The summed E-state index contributed by atoms with van der Waals surface area (Å²) in [5.74, 6) is -1.43. The average molecular weight is 635 g/mol. The first-order valence-corrected chi connectivity index (χ1v) is 12.8. The van der Waals surface area contributed by atoms with Gasteiger partial charge in [0.15, 0.2) is 0 Å². The number of nitrogens with zero attached hydrogens (tertiary/aromatic N) is 2. The third-order valence-electron chi connectivity index (χ3n) is 6.81. The van der Waals surface area contributed by atoms with Crippen molar-refractivity contribution in [3.8, 4) is 16.9 Å². The average Bonchev–Trinajstić information content (AvgIpc) is 3.21. The van der Waals surface area contributed by atoms with E-state index in [4.69, 9.17) is 21.1 Å². The molecule has 3 aromatic rings. The highest BCUT2D eigenvalue weighted by Crippen LogP contribution is 2.42. The van der Waals surface area contributed by atoms with Crippen molar-refractivity contribution >= 4 is 23.7 Å². The molecule has 1 saturated heterocycles. The maximum atomic E-state index is 14.7. The summed E-state index contributed by atoms with van der Waals surface area (Å²) in [5.41, 5.74) is -2.99. The Morgan fingerprint density at radius 3 is 2.19 bits per heavy atom. The summed E-state index contributed by atoms with van der Waals surface area (Å²) in [6.07, 6.45) is -13.1. The topological polar surface area (TPSA) is 78.0 Å². The zero-order valence-electron chi connectivity index (χ0n) is 22.6. The molecule has 2 heterocycles. The molecule has 2 aromatic carbocycles. The number of carbonyl (C=O) groups excluding carboxylic acids is 2. The summed E-state index contributed by atoms with van der Waals surface area (Å²) in [5, 5.41) is -0.0147. The highest BCUT2D eigenvalue weighted by molar-refractivity contribution is 6.29. The van der Waals surface area contributed by atoms with Crippen molar-refractivity contribution in [1.29, 1.82) is 0 Å². The second kappa shape index (κ2) is 11.9. The molecule has 4 rings (SSSR count). The second-order valence-electron chi connectivity index (χ2n) is 9.54. The molecule has 1 aliphatic heterocycles. The number of hydrogen-bond donors (Lipinski definition) is 0. The van der Waals surface area contributed by atoms with Gasteiger partial charge in [-0.05, 0) is 54.4 Å². The van der Waals surface area contributed by atoms with E-state index >= 15 is 0 Å². The van der Waals surface area contributed by atoms with Crippen LogP contribution in [0.1, 0.15) is 41.0 Å². The quantitative estimate of drug-likeness (QED) is 0.153. The van der Waals surface area contributed by atoms with Gasteiger partial charge in [0.05, 0.1) is 50.0 Å². The smallest absolute Gasteiger partial charge is 0.416 e. The van der Waals surface area contributed by atoms with Crippen LogP contribution in [0.3, 0.4) is 0 Å². The van der Waals surface area contributed by atoms with E-state index in [0.29, 0.717) is 12.1 Å². The molecule has 0 radical (unpaired) electrons. The van der Waals surface area contributed by atoms with Crippen molar-refractivity contribution in [3.05, 3.63) is 81.4 Å².